The Kier molecular flexibility index (Phi) is 4.99. The highest BCUT2D eigenvalue weighted by Crippen LogP contribution is 2.16. The molecule has 2 atom stereocenters. The van der Waals surface area contributed by atoms with Crippen LogP contribution in [0.2, 0.25) is 0 Å². The van der Waals surface area contributed by atoms with Gasteiger partial charge < -0.3 is 10.4 Å². The summed E-state index contributed by atoms with van der Waals surface area (Å²) < 4.78 is 0. The van der Waals surface area contributed by atoms with Crippen LogP contribution < -0.4 is 5.32 Å². The van der Waals surface area contributed by atoms with Crippen LogP contribution in [-0.4, -0.2) is 23.2 Å². The summed E-state index contributed by atoms with van der Waals surface area (Å²) in [6.45, 7) is 5.35. The number of rotatable bonds is 5. The van der Waals surface area contributed by atoms with Crippen LogP contribution in [0.4, 0.5) is 0 Å². The van der Waals surface area contributed by atoms with Crippen molar-refractivity contribution in [2.75, 3.05) is 12.8 Å². The van der Waals surface area contributed by atoms with Crippen molar-refractivity contribution >= 4 is 11.8 Å². The molecule has 0 saturated carbocycles. The standard InChI is InChI=1S/C12H19NOS/c1-9(15-3)8-13-10(2)11-4-6-12(14)7-5-11/h4-7,9-10,13-14H,8H2,1-3H3. The fourth-order valence-corrected chi connectivity index (χ4v) is 1.57. The van der Waals surface area contributed by atoms with E-state index in [-0.39, 0.29) is 0 Å². The lowest BCUT2D eigenvalue weighted by Crippen LogP contribution is -2.25. The summed E-state index contributed by atoms with van der Waals surface area (Å²) >= 11 is 1.86. The van der Waals surface area contributed by atoms with Crippen LogP contribution in [-0.2, 0) is 0 Å². The average molecular weight is 225 g/mol. The Morgan fingerprint density at radius 2 is 1.87 bits per heavy atom. The molecule has 3 heteroatoms. The van der Waals surface area contributed by atoms with E-state index in [0.717, 1.165) is 6.54 Å². The number of hydrogen-bond acceptors (Lipinski definition) is 3. The van der Waals surface area contributed by atoms with Gasteiger partial charge in [0.15, 0.2) is 0 Å². The molecule has 0 saturated heterocycles. The maximum absolute atomic E-state index is 9.17. The predicted octanol–water partition coefficient (Wildman–Crippen LogP) is 2.79. The maximum Gasteiger partial charge on any atom is 0.115 e. The molecule has 0 aliphatic carbocycles. The molecule has 1 aromatic rings. The third-order valence-corrected chi connectivity index (χ3v) is 3.48. The average Bonchev–Trinajstić information content (AvgIpc) is 2.26. The van der Waals surface area contributed by atoms with Crippen LogP contribution in [0.5, 0.6) is 5.75 Å². The van der Waals surface area contributed by atoms with Gasteiger partial charge in [0.2, 0.25) is 0 Å². The van der Waals surface area contributed by atoms with Gasteiger partial charge in [-0.2, -0.15) is 11.8 Å². The summed E-state index contributed by atoms with van der Waals surface area (Å²) in [6.07, 6.45) is 2.12. The van der Waals surface area contributed by atoms with Gasteiger partial charge in [-0.1, -0.05) is 19.1 Å². The fourth-order valence-electron chi connectivity index (χ4n) is 1.31. The van der Waals surface area contributed by atoms with Crippen molar-refractivity contribution in [3.05, 3.63) is 29.8 Å². The molecule has 0 aliphatic rings. The lowest BCUT2D eigenvalue weighted by atomic mass is 10.1. The second-order valence-corrected chi connectivity index (χ2v) is 5.04. The number of hydrogen-bond donors (Lipinski definition) is 2. The molecular formula is C12H19NOS. The molecule has 15 heavy (non-hydrogen) atoms. The molecule has 0 bridgehead atoms. The van der Waals surface area contributed by atoms with Crippen LogP contribution in [0.3, 0.4) is 0 Å². The highest BCUT2D eigenvalue weighted by molar-refractivity contribution is 7.99. The Morgan fingerprint density at radius 3 is 2.40 bits per heavy atom. The van der Waals surface area contributed by atoms with E-state index in [9.17, 15) is 5.11 Å². The van der Waals surface area contributed by atoms with Crippen LogP contribution in [0.1, 0.15) is 25.5 Å². The SMILES string of the molecule is CSC(C)CNC(C)c1ccc(O)cc1. The van der Waals surface area contributed by atoms with Crippen molar-refractivity contribution in [3.8, 4) is 5.75 Å². The van der Waals surface area contributed by atoms with Crippen LogP contribution >= 0.6 is 11.8 Å². The molecule has 2 N–H and O–H groups in total. The maximum atomic E-state index is 9.17. The van der Waals surface area contributed by atoms with Crippen molar-refractivity contribution < 1.29 is 5.11 Å². The van der Waals surface area contributed by atoms with E-state index in [4.69, 9.17) is 0 Å². The predicted molar refractivity (Wildman–Crippen MR) is 67.5 cm³/mol. The monoisotopic (exact) mass is 225 g/mol. The van der Waals surface area contributed by atoms with Gasteiger partial charge in [0.1, 0.15) is 5.75 Å². The molecule has 0 amide bonds. The van der Waals surface area contributed by atoms with Crippen molar-refractivity contribution in [3.63, 3.8) is 0 Å². The summed E-state index contributed by atoms with van der Waals surface area (Å²) in [5.74, 6) is 0.323. The molecule has 1 aromatic carbocycles. The van der Waals surface area contributed by atoms with Crippen molar-refractivity contribution in [2.24, 2.45) is 0 Å². The van der Waals surface area contributed by atoms with Gasteiger partial charge in [-0.25, -0.2) is 0 Å². The Hall–Kier alpha value is -0.670. The minimum absolute atomic E-state index is 0.323. The third-order valence-electron chi connectivity index (χ3n) is 2.51. The number of benzene rings is 1. The van der Waals surface area contributed by atoms with Crippen molar-refractivity contribution in [1.29, 1.82) is 0 Å². The number of aromatic hydroxyl groups is 1. The second kappa shape index (κ2) is 6.03. The zero-order valence-corrected chi connectivity index (χ0v) is 10.3. The first-order chi connectivity index (χ1) is 7.13. The van der Waals surface area contributed by atoms with Gasteiger partial charge in [-0.3, -0.25) is 0 Å². The largest absolute Gasteiger partial charge is 0.508 e. The van der Waals surface area contributed by atoms with E-state index in [1.807, 2.05) is 23.9 Å². The molecule has 0 spiro atoms. The van der Waals surface area contributed by atoms with Crippen molar-refractivity contribution in [1.82, 2.24) is 5.32 Å². The fraction of sp³-hybridized carbons (Fsp3) is 0.500. The third kappa shape index (κ3) is 4.14. The molecule has 0 radical (unpaired) electrons. The minimum atomic E-state index is 0.323. The molecule has 0 aromatic heterocycles. The highest BCUT2D eigenvalue weighted by atomic mass is 32.2. The molecule has 84 valence electrons. The van der Waals surface area contributed by atoms with E-state index < -0.39 is 0 Å². The Labute approximate surface area is 96.1 Å². The lowest BCUT2D eigenvalue weighted by molar-refractivity contribution is 0.474. The molecular weight excluding hydrogens is 206 g/mol. The topological polar surface area (TPSA) is 32.3 Å². The molecule has 0 aliphatic heterocycles. The van der Waals surface area contributed by atoms with Gasteiger partial charge in [-0.05, 0) is 30.9 Å². The first kappa shape index (κ1) is 12.4. The van der Waals surface area contributed by atoms with Gasteiger partial charge in [0, 0.05) is 17.8 Å². The number of phenols is 1. The van der Waals surface area contributed by atoms with Crippen molar-refractivity contribution in [2.45, 2.75) is 25.1 Å². The van der Waals surface area contributed by atoms with Gasteiger partial charge >= 0.3 is 0 Å². The first-order valence-corrected chi connectivity index (χ1v) is 6.47. The molecule has 1 rings (SSSR count). The molecule has 2 nitrogen and oxygen atoms in total. The lowest BCUT2D eigenvalue weighted by Gasteiger charge is -2.16. The zero-order valence-electron chi connectivity index (χ0n) is 9.53. The normalized spacial score (nSPS) is 14.9. The number of thioether (sulfide) groups is 1. The molecule has 0 fully saturated rings. The van der Waals surface area contributed by atoms with E-state index >= 15 is 0 Å². The van der Waals surface area contributed by atoms with Gasteiger partial charge in [0.05, 0.1) is 0 Å². The highest BCUT2D eigenvalue weighted by Gasteiger charge is 2.06. The molecule has 2 unspecified atom stereocenters. The second-order valence-electron chi connectivity index (χ2n) is 3.77. The Morgan fingerprint density at radius 1 is 1.27 bits per heavy atom. The smallest absolute Gasteiger partial charge is 0.115 e. The van der Waals surface area contributed by atoms with E-state index in [1.54, 1.807) is 12.1 Å². The summed E-state index contributed by atoms with van der Waals surface area (Å²) in [6, 6.07) is 7.70. The van der Waals surface area contributed by atoms with E-state index in [2.05, 4.69) is 25.4 Å². The van der Waals surface area contributed by atoms with Gasteiger partial charge in [-0.15, -0.1) is 0 Å². The summed E-state index contributed by atoms with van der Waals surface area (Å²) in [4.78, 5) is 0. The first-order valence-electron chi connectivity index (χ1n) is 5.18. The van der Waals surface area contributed by atoms with Gasteiger partial charge in [0.25, 0.3) is 0 Å². The van der Waals surface area contributed by atoms with Crippen LogP contribution in [0.25, 0.3) is 0 Å². The van der Waals surface area contributed by atoms with Crippen LogP contribution in [0, 0.1) is 0 Å². The Bertz CT molecular complexity index is 286. The van der Waals surface area contributed by atoms with E-state index in [1.165, 1.54) is 5.56 Å². The Balaban J connectivity index is 2.46. The molecule has 0 heterocycles. The summed E-state index contributed by atoms with van der Waals surface area (Å²) in [5.41, 5.74) is 1.21. The quantitative estimate of drug-likeness (QED) is 0.808. The summed E-state index contributed by atoms with van der Waals surface area (Å²) in [5, 5.41) is 13.3. The zero-order chi connectivity index (χ0) is 11.3. The number of phenolic OH excluding ortho intramolecular Hbond substituents is 1. The summed E-state index contributed by atoms with van der Waals surface area (Å²) in [7, 11) is 0. The minimum Gasteiger partial charge on any atom is -0.508 e. The van der Waals surface area contributed by atoms with E-state index in [0.29, 0.717) is 17.0 Å². The number of nitrogens with one attached hydrogen (secondary N) is 1. The van der Waals surface area contributed by atoms with Crippen LogP contribution in [0.15, 0.2) is 24.3 Å².